The molecule has 6 heteroatoms. The molecule has 1 heterocycles. The molecular formula is C15H20N4O2. The molecular weight excluding hydrogens is 268 g/mol. The number of methoxy groups -OCH3 is 1. The average molecular weight is 288 g/mol. The van der Waals surface area contributed by atoms with Crippen LogP contribution in [-0.2, 0) is 17.9 Å². The monoisotopic (exact) mass is 288 g/mol. The molecule has 0 atom stereocenters. The fourth-order valence-corrected chi connectivity index (χ4v) is 2.22. The van der Waals surface area contributed by atoms with Crippen LogP contribution in [0.5, 0.6) is 5.75 Å². The van der Waals surface area contributed by atoms with Crippen molar-refractivity contribution in [1.82, 2.24) is 9.78 Å². The lowest BCUT2D eigenvalue weighted by molar-refractivity contribution is -0.116. The van der Waals surface area contributed by atoms with E-state index in [0.29, 0.717) is 18.0 Å². The van der Waals surface area contributed by atoms with Crippen molar-refractivity contribution in [2.75, 3.05) is 12.4 Å². The van der Waals surface area contributed by atoms with Crippen molar-refractivity contribution < 1.29 is 9.53 Å². The predicted octanol–water partition coefficient (Wildman–Crippen LogP) is 1.61. The minimum atomic E-state index is -0.141. The minimum absolute atomic E-state index is 0.141. The van der Waals surface area contributed by atoms with Crippen molar-refractivity contribution in [3.05, 3.63) is 41.2 Å². The lowest BCUT2D eigenvalue weighted by Crippen LogP contribution is -2.20. The molecule has 0 radical (unpaired) electrons. The maximum Gasteiger partial charge on any atom is 0.246 e. The Bertz CT molecular complexity index is 649. The number of hydrogen-bond acceptors (Lipinski definition) is 4. The summed E-state index contributed by atoms with van der Waals surface area (Å²) in [5, 5.41) is 7.18. The highest BCUT2D eigenvalue weighted by atomic mass is 16.5. The zero-order valence-electron chi connectivity index (χ0n) is 12.5. The summed E-state index contributed by atoms with van der Waals surface area (Å²) in [5.41, 5.74) is 9.16. The normalized spacial score (nSPS) is 10.5. The molecule has 21 heavy (non-hydrogen) atoms. The van der Waals surface area contributed by atoms with Crippen LogP contribution in [0.2, 0.25) is 0 Å². The summed E-state index contributed by atoms with van der Waals surface area (Å²) in [5.74, 6) is 0.557. The topological polar surface area (TPSA) is 82.2 Å². The molecule has 0 aliphatic heterocycles. The highest BCUT2D eigenvalue weighted by molar-refractivity contribution is 5.90. The summed E-state index contributed by atoms with van der Waals surface area (Å²) in [6.45, 7) is 4.39. The van der Waals surface area contributed by atoms with E-state index in [1.165, 1.54) is 0 Å². The minimum Gasteiger partial charge on any atom is -0.497 e. The number of rotatable bonds is 5. The number of aryl methyl sites for hydroxylation is 1. The second-order valence-electron chi connectivity index (χ2n) is 4.79. The molecule has 1 aromatic heterocycles. The Morgan fingerprint density at radius 1 is 1.43 bits per heavy atom. The summed E-state index contributed by atoms with van der Waals surface area (Å²) >= 11 is 0. The first-order chi connectivity index (χ1) is 10.0. The van der Waals surface area contributed by atoms with Gasteiger partial charge in [0.1, 0.15) is 12.3 Å². The highest BCUT2D eigenvalue weighted by Crippen LogP contribution is 2.17. The lowest BCUT2D eigenvalue weighted by atomic mass is 10.2. The van der Waals surface area contributed by atoms with E-state index in [-0.39, 0.29) is 12.5 Å². The van der Waals surface area contributed by atoms with Crippen LogP contribution in [0.3, 0.4) is 0 Å². The number of nitrogens with two attached hydrogens (primary N) is 1. The van der Waals surface area contributed by atoms with Crippen LogP contribution < -0.4 is 15.8 Å². The number of benzene rings is 1. The molecule has 112 valence electrons. The van der Waals surface area contributed by atoms with Crippen molar-refractivity contribution in [2.24, 2.45) is 5.73 Å². The maximum absolute atomic E-state index is 12.1. The molecule has 0 saturated carbocycles. The van der Waals surface area contributed by atoms with Gasteiger partial charge in [-0.05, 0) is 26.0 Å². The third kappa shape index (κ3) is 3.41. The lowest BCUT2D eigenvalue weighted by Gasteiger charge is -2.08. The Morgan fingerprint density at radius 2 is 2.19 bits per heavy atom. The molecule has 0 spiro atoms. The van der Waals surface area contributed by atoms with E-state index < -0.39 is 0 Å². The molecule has 1 amide bonds. The summed E-state index contributed by atoms with van der Waals surface area (Å²) in [4.78, 5) is 12.1. The van der Waals surface area contributed by atoms with Crippen molar-refractivity contribution in [2.45, 2.75) is 26.9 Å². The Hall–Kier alpha value is -2.34. The largest absolute Gasteiger partial charge is 0.497 e. The molecule has 2 rings (SSSR count). The summed E-state index contributed by atoms with van der Waals surface area (Å²) in [7, 11) is 1.59. The van der Waals surface area contributed by atoms with Crippen LogP contribution in [0.25, 0.3) is 0 Å². The van der Waals surface area contributed by atoms with E-state index in [9.17, 15) is 4.79 Å². The van der Waals surface area contributed by atoms with Crippen LogP contribution in [-0.4, -0.2) is 22.8 Å². The number of hydrogen-bond donors (Lipinski definition) is 2. The third-order valence-electron chi connectivity index (χ3n) is 3.38. The number of aromatic nitrogens is 2. The van der Waals surface area contributed by atoms with E-state index in [2.05, 4.69) is 10.4 Å². The van der Waals surface area contributed by atoms with Crippen LogP contribution in [0.1, 0.15) is 17.0 Å². The predicted molar refractivity (Wildman–Crippen MR) is 81.2 cm³/mol. The Kier molecular flexibility index (Phi) is 4.59. The first-order valence-corrected chi connectivity index (χ1v) is 6.72. The van der Waals surface area contributed by atoms with E-state index in [4.69, 9.17) is 10.5 Å². The van der Waals surface area contributed by atoms with Gasteiger partial charge in [-0.3, -0.25) is 9.48 Å². The standard InChI is InChI=1S/C15H20N4O2/c1-10-14(8-16)11(2)19(18-10)9-15(20)17-12-5-4-6-13(7-12)21-3/h4-7H,8-9,16H2,1-3H3,(H,17,20). The summed E-state index contributed by atoms with van der Waals surface area (Å²) in [6, 6.07) is 7.23. The zero-order chi connectivity index (χ0) is 15.4. The second kappa shape index (κ2) is 6.41. The fraction of sp³-hybridized carbons (Fsp3) is 0.333. The number of nitrogens with one attached hydrogen (secondary N) is 1. The molecule has 1 aromatic carbocycles. The van der Waals surface area contributed by atoms with E-state index in [0.717, 1.165) is 17.0 Å². The molecule has 2 aromatic rings. The van der Waals surface area contributed by atoms with Gasteiger partial charge in [-0.15, -0.1) is 0 Å². The molecule has 3 N–H and O–H groups in total. The van der Waals surface area contributed by atoms with E-state index in [1.807, 2.05) is 32.0 Å². The highest BCUT2D eigenvalue weighted by Gasteiger charge is 2.12. The zero-order valence-corrected chi connectivity index (χ0v) is 12.5. The van der Waals surface area contributed by atoms with Gasteiger partial charge in [0.05, 0.1) is 12.8 Å². The van der Waals surface area contributed by atoms with Gasteiger partial charge < -0.3 is 15.8 Å². The number of ether oxygens (including phenoxy) is 1. The smallest absolute Gasteiger partial charge is 0.246 e. The SMILES string of the molecule is COc1cccc(NC(=O)Cn2nc(C)c(CN)c2C)c1. The first kappa shape index (κ1) is 15.1. The van der Waals surface area contributed by atoms with Crippen molar-refractivity contribution in [1.29, 1.82) is 0 Å². The Labute approximate surface area is 123 Å². The number of anilines is 1. The number of carbonyl (C=O) groups excluding carboxylic acids is 1. The summed E-state index contributed by atoms with van der Waals surface area (Å²) < 4.78 is 6.80. The Morgan fingerprint density at radius 3 is 2.81 bits per heavy atom. The van der Waals surface area contributed by atoms with Crippen LogP contribution in [0.4, 0.5) is 5.69 Å². The third-order valence-corrected chi connectivity index (χ3v) is 3.38. The van der Waals surface area contributed by atoms with E-state index >= 15 is 0 Å². The maximum atomic E-state index is 12.1. The van der Waals surface area contributed by atoms with Crippen LogP contribution in [0.15, 0.2) is 24.3 Å². The van der Waals surface area contributed by atoms with Gasteiger partial charge in [-0.25, -0.2) is 0 Å². The number of nitrogens with zero attached hydrogens (tertiary/aromatic N) is 2. The molecule has 0 aliphatic rings. The molecule has 0 aliphatic carbocycles. The number of carbonyl (C=O) groups is 1. The van der Waals surface area contributed by atoms with Crippen molar-refractivity contribution in [3.8, 4) is 5.75 Å². The van der Waals surface area contributed by atoms with Crippen molar-refractivity contribution >= 4 is 11.6 Å². The van der Waals surface area contributed by atoms with Gasteiger partial charge in [-0.2, -0.15) is 5.10 Å². The molecule has 6 nitrogen and oxygen atoms in total. The first-order valence-electron chi connectivity index (χ1n) is 6.72. The van der Waals surface area contributed by atoms with Gasteiger partial charge >= 0.3 is 0 Å². The average Bonchev–Trinajstić information content (AvgIpc) is 2.73. The van der Waals surface area contributed by atoms with Crippen LogP contribution in [0, 0.1) is 13.8 Å². The molecule has 0 saturated heterocycles. The van der Waals surface area contributed by atoms with Gasteiger partial charge in [0, 0.05) is 29.6 Å². The number of amides is 1. The van der Waals surface area contributed by atoms with Crippen molar-refractivity contribution in [3.63, 3.8) is 0 Å². The molecule has 0 fully saturated rings. The van der Waals surface area contributed by atoms with Gasteiger partial charge in [0.2, 0.25) is 5.91 Å². The van der Waals surface area contributed by atoms with Gasteiger partial charge in [-0.1, -0.05) is 6.07 Å². The molecule has 0 bridgehead atoms. The fourth-order valence-electron chi connectivity index (χ4n) is 2.22. The van der Waals surface area contributed by atoms with Crippen LogP contribution >= 0.6 is 0 Å². The quantitative estimate of drug-likeness (QED) is 0.875. The van der Waals surface area contributed by atoms with Gasteiger partial charge in [0.25, 0.3) is 0 Å². The molecule has 0 unspecified atom stereocenters. The summed E-state index contributed by atoms with van der Waals surface area (Å²) in [6.07, 6.45) is 0. The Balaban J connectivity index is 2.08. The second-order valence-corrected chi connectivity index (χ2v) is 4.79. The van der Waals surface area contributed by atoms with E-state index in [1.54, 1.807) is 17.9 Å². The van der Waals surface area contributed by atoms with Gasteiger partial charge in [0.15, 0.2) is 0 Å².